The summed E-state index contributed by atoms with van der Waals surface area (Å²) in [7, 11) is 0. The molecule has 0 aromatic carbocycles. The van der Waals surface area contributed by atoms with E-state index in [1.165, 1.54) is 12.2 Å². The Balaban J connectivity index is 2.14. The molecule has 0 radical (unpaired) electrons. The maximum absolute atomic E-state index is 11.7. The Labute approximate surface area is 142 Å². The number of amides is 3. The van der Waals surface area contributed by atoms with Crippen molar-refractivity contribution in [1.82, 2.24) is 15.5 Å². The first-order chi connectivity index (χ1) is 11.5. The minimum Gasteiger partial charge on any atom is -0.356 e. The van der Waals surface area contributed by atoms with Gasteiger partial charge >= 0.3 is 0 Å². The Morgan fingerprint density at radius 2 is 1.79 bits per heavy atom. The van der Waals surface area contributed by atoms with Crippen molar-refractivity contribution in [2.75, 3.05) is 19.6 Å². The maximum atomic E-state index is 11.7. The predicted octanol–water partition coefficient (Wildman–Crippen LogP) is 0.545. The van der Waals surface area contributed by atoms with Crippen LogP contribution in [0.2, 0.25) is 0 Å². The first kappa shape index (κ1) is 20.0. The van der Waals surface area contributed by atoms with Gasteiger partial charge in [0, 0.05) is 38.1 Å². The van der Waals surface area contributed by atoms with Gasteiger partial charge in [0.15, 0.2) is 0 Å². The number of likely N-dealkylation sites (N-methyl/N-ethyl adjacent to an activating group) is 1. The summed E-state index contributed by atoms with van der Waals surface area (Å²) in [6.45, 7) is 5.22. The van der Waals surface area contributed by atoms with E-state index in [4.69, 9.17) is 0 Å². The van der Waals surface area contributed by atoms with Crippen LogP contribution in [-0.2, 0) is 19.2 Å². The highest BCUT2D eigenvalue weighted by atomic mass is 16.2. The van der Waals surface area contributed by atoms with E-state index < -0.39 is 0 Å². The number of hydrogen-bond donors (Lipinski definition) is 2. The van der Waals surface area contributed by atoms with Crippen LogP contribution in [0.5, 0.6) is 0 Å². The van der Waals surface area contributed by atoms with Crippen LogP contribution in [0.1, 0.15) is 46.0 Å². The molecule has 0 saturated carbocycles. The molecule has 0 aromatic rings. The number of nitrogens with zero attached hydrogens (tertiary/aromatic N) is 1. The molecule has 0 saturated heterocycles. The summed E-state index contributed by atoms with van der Waals surface area (Å²) in [5.41, 5.74) is 0. The van der Waals surface area contributed by atoms with Crippen molar-refractivity contribution in [2.24, 2.45) is 0 Å². The number of Topliss-reactive ketones (excluding diaryl/α,β-unsaturated/α-hetero) is 1. The zero-order valence-corrected chi connectivity index (χ0v) is 14.5. The lowest BCUT2D eigenvalue weighted by Crippen LogP contribution is -2.36. The molecule has 0 aromatic heterocycles. The van der Waals surface area contributed by atoms with Crippen LogP contribution in [0.25, 0.3) is 0 Å². The highest BCUT2D eigenvalue weighted by molar-refractivity contribution is 6.13. The highest BCUT2D eigenvalue weighted by Crippen LogP contribution is 2.05. The second kappa shape index (κ2) is 10.7. The average Bonchev–Trinajstić information content (AvgIpc) is 2.89. The number of unbranched alkanes of at least 4 members (excludes halogenated alkanes) is 1. The number of ketones is 1. The van der Waals surface area contributed by atoms with Crippen LogP contribution in [0, 0.1) is 0 Å². The molecule has 1 atom stereocenters. The highest BCUT2D eigenvalue weighted by Gasteiger charge is 2.23. The Morgan fingerprint density at radius 1 is 1.12 bits per heavy atom. The summed E-state index contributed by atoms with van der Waals surface area (Å²) >= 11 is 0. The fraction of sp³-hybridized carbons (Fsp3) is 0.647. The van der Waals surface area contributed by atoms with Crippen molar-refractivity contribution in [3.8, 4) is 0 Å². The molecular weight excluding hydrogens is 310 g/mol. The fourth-order valence-electron chi connectivity index (χ4n) is 2.52. The van der Waals surface area contributed by atoms with Crippen LogP contribution < -0.4 is 10.6 Å². The number of carbonyl (C=O) groups is 4. The molecular formula is C17H27N3O4. The van der Waals surface area contributed by atoms with Crippen LogP contribution in [0.3, 0.4) is 0 Å². The van der Waals surface area contributed by atoms with Crippen LogP contribution in [0.4, 0.5) is 0 Å². The smallest absolute Gasteiger partial charge is 0.253 e. The van der Waals surface area contributed by atoms with E-state index in [-0.39, 0.29) is 42.5 Å². The summed E-state index contributed by atoms with van der Waals surface area (Å²) < 4.78 is 0. The van der Waals surface area contributed by atoms with Gasteiger partial charge in [-0.1, -0.05) is 13.8 Å². The lowest BCUT2D eigenvalue weighted by molar-refractivity contribution is -0.137. The van der Waals surface area contributed by atoms with Crippen molar-refractivity contribution in [3.05, 3.63) is 12.2 Å². The normalized spacial score (nSPS) is 15.0. The molecule has 134 valence electrons. The second-order valence-electron chi connectivity index (χ2n) is 5.69. The van der Waals surface area contributed by atoms with Gasteiger partial charge in [-0.05, 0) is 25.8 Å². The lowest BCUT2D eigenvalue weighted by atomic mass is 10.0. The van der Waals surface area contributed by atoms with E-state index in [0.717, 1.165) is 30.7 Å². The van der Waals surface area contributed by atoms with Gasteiger partial charge in [0.1, 0.15) is 5.78 Å². The zero-order valence-electron chi connectivity index (χ0n) is 14.5. The molecule has 0 aliphatic carbocycles. The van der Waals surface area contributed by atoms with Crippen molar-refractivity contribution < 1.29 is 19.2 Å². The zero-order chi connectivity index (χ0) is 17.9. The minimum atomic E-state index is -0.372. The largest absolute Gasteiger partial charge is 0.356 e. The fourth-order valence-corrected chi connectivity index (χ4v) is 2.52. The molecule has 1 aliphatic heterocycles. The monoisotopic (exact) mass is 337 g/mol. The molecule has 3 amide bonds. The first-order valence-electron chi connectivity index (χ1n) is 8.55. The minimum absolute atomic E-state index is 0.101. The Morgan fingerprint density at radius 3 is 2.38 bits per heavy atom. The number of nitrogens with one attached hydrogen (secondary N) is 2. The van der Waals surface area contributed by atoms with Gasteiger partial charge in [-0.25, -0.2) is 0 Å². The van der Waals surface area contributed by atoms with Crippen molar-refractivity contribution in [1.29, 1.82) is 0 Å². The standard InChI is InChI=1S/C17H27N3O4/c1-3-14(21)13(18-4-2)7-5-6-11-19-15(22)10-12-20-16(23)8-9-17(20)24/h8-9,13,18H,3-7,10-12H2,1-2H3,(H,19,22). The van der Waals surface area contributed by atoms with Crippen molar-refractivity contribution >= 4 is 23.5 Å². The van der Waals surface area contributed by atoms with Gasteiger partial charge < -0.3 is 10.6 Å². The quantitative estimate of drug-likeness (QED) is 0.400. The molecule has 0 bridgehead atoms. The molecule has 0 spiro atoms. The van der Waals surface area contributed by atoms with Crippen molar-refractivity contribution in [3.63, 3.8) is 0 Å². The summed E-state index contributed by atoms with van der Waals surface area (Å²) in [5, 5.41) is 5.95. The molecule has 2 N–H and O–H groups in total. The molecule has 0 fully saturated rings. The molecule has 1 rings (SSSR count). The van der Waals surface area contributed by atoms with Gasteiger partial charge in [-0.2, -0.15) is 0 Å². The van der Waals surface area contributed by atoms with E-state index in [2.05, 4.69) is 10.6 Å². The van der Waals surface area contributed by atoms with Crippen LogP contribution in [0.15, 0.2) is 12.2 Å². The maximum Gasteiger partial charge on any atom is 0.253 e. The molecule has 7 heteroatoms. The predicted molar refractivity (Wildman–Crippen MR) is 90.1 cm³/mol. The third-order valence-corrected chi connectivity index (χ3v) is 3.89. The number of carbonyl (C=O) groups excluding carboxylic acids is 4. The molecule has 24 heavy (non-hydrogen) atoms. The second-order valence-corrected chi connectivity index (χ2v) is 5.69. The molecule has 1 aliphatic rings. The summed E-state index contributed by atoms with van der Waals surface area (Å²) in [6, 6.07) is -0.101. The average molecular weight is 337 g/mol. The first-order valence-corrected chi connectivity index (χ1v) is 8.55. The van der Waals surface area contributed by atoms with Gasteiger partial charge in [-0.3, -0.25) is 24.1 Å². The summed E-state index contributed by atoms with van der Waals surface area (Å²) in [4.78, 5) is 47.2. The number of hydrogen-bond acceptors (Lipinski definition) is 5. The lowest BCUT2D eigenvalue weighted by Gasteiger charge is -2.16. The van der Waals surface area contributed by atoms with Gasteiger partial charge in [0.2, 0.25) is 5.91 Å². The Kier molecular flexibility index (Phi) is 8.93. The van der Waals surface area contributed by atoms with E-state index in [1.807, 2.05) is 13.8 Å². The van der Waals surface area contributed by atoms with E-state index in [9.17, 15) is 19.2 Å². The van der Waals surface area contributed by atoms with E-state index in [1.54, 1.807) is 0 Å². The topological polar surface area (TPSA) is 95.6 Å². The summed E-state index contributed by atoms with van der Waals surface area (Å²) in [5.74, 6) is -0.712. The summed E-state index contributed by atoms with van der Waals surface area (Å²) in [6.07, 6.45) is 5.44. The number of imide groups is 1. The molecule has 1 heterocycles. The van der Waals surface area contributed by atoms with Gasteiger partial charge in [0.25, 0.3) is 11.8 Å². The van der Waals surface area contributed by atoms with Crippen LogP contribution >= 0.6 is 0 Å². The third-order valence-electron chi connectivity index (χ3n) is 3.89. The van der Waals surface area contributed by atoms with Crippen LogP contribution in [-0.4, -0.2) is 54.1 Å². The Bertz CT molecular complexity index is 484. The number of rotatable bonds is 12. The van der Waals surface area contributed by atoms with Gasteiger partial charge in [0.05, 0.1) is 6.04 Å². The van der Waals surface area contributed by atoms with E-state index >= 15 is 0 Å². The van der Waals surface area contributed by atoms with Crippen molar-refractivity contribution in [2.45, 2.75) is 52.0 Å². The van der Waals surface area contributed by atoms with Gasteiger partial charge in [-0.15, -0.1) is 0 Å². The molecule has 1 unspecified atom stereocenters. The molecule has 7 nitrogen and oxygen atoms in total. The third kappa shape index (κ3) is 6.62. The Hall–Kier alpha value is -2.02. The SMILES string of the molecule is CCNC(CCCCNC(=O)CCN1C(=O)C=CC1=O)C(=O)CC. The van der Waals surface area contributed by atoms with E-state index in [0.29, 0.717) is 13.0 Å².